The zero-order valence-corrected chi connectivity index (χ0v) is 39.4. The first-order valence-electron chi connectivity index (χ1n) is 25.2. The number of nitrogens with zero attached hydrogens (tertiary/aromatic N) is 2. The van der Waals surface area contributed by atoms with Crippen molar-refractivity contribution in [3.05, 3.63) is 228 Å². The van der Waals surface area contributed by atoms with Crippen LogP contribution in [0.3, 0.4) is 0 Å². The molecule has 5 aliphatic rings. The van der Waals surface area contributed by atoms with Crippen LogP contribution in [0.25, 0.3) is 33.4 Å². The van der Waals surface area contributed by atoms with E-state index in [9.17, 15) is 0 Å². The molecule has 0 saturated heterocycles. The van der Waals surface area contributed by atoms with E-state index in [-0.39, 0.29) is 11.1 Å². The minimum atomic E-state index is -0.467. The van der Waals surface area contributed by atoms with E-state index in [1.807, 2.05) is 0 Å². The molecule has 0 aromatic heterocycles. The number of fused-ring (bicyclic) bond motifs is 9. The van der Waals surface area contributed by atoms with Crippen LogP contribution >= 0.6 is 0 Å². The van der Waals surface area contributed by atoms with E-state index in [0.717, 1.165) is 0 Å². The summed E-state index contributed by atoms with van der Waals surface area (Å²) >= 11 is 0. The second-order valence-electron chi connectivity index (χ2n) is 21.3. The zero-order chi connectivity index (χ0) is 45.1. The summed E-state index contributed by atoms with van der Waals surface area (Å²) in [5.74, 6) is 2.17. The van der Waals surface area contributed by atoms with E-state index in [1.54, 1.807) is 0 Å². The Bertz CT molecular complexity index is 2960. The van der Waals surface area contributed by atoms with Crippen LogP contribution in [-0.2, 0) is 5.41 Å². The Morgan fingerprint density at radius 3 is 1.16 bits per heavy atom. The van der Waals surface area contributed by atoms with E-state index >= 15 is 0 Å². The van der Waals surface area contributed by atoms with Gasteiger partial charge in [0.2, 0.25) is 0 Å². The van der Waals surface area contributed by atoms with Crippen molar-refractivity contribution >= 4 is 22.7 Å². The van der Waals surface area contributed by atoms with Crippen molar-refractivity contribution in [3.63, 3.8) is 0 Å². The van der Waals surface area contributed by atoms with E-state index in [0.29, 0.717) is 23.7 Å². The molecule has 2 fully saturated rings. The lowest BCUT2D eigenvalue weighted by atomic mass is 9.67. The number of benzene rings is 8. The number of hydrogen-bond donors (Lipinski definition) is 0. The van der Waals surface area contributed by atoms with Gasteiger partial charge in [-0.05, 0) is 179 Å². The number of para-hydroxylation sites is 2. The van der Waals surface area contributed by atoms with Gasteiger partial charge in [-0.25, -0.2) is 0 Å². The van der Waals surface area contributed by atoms with Crippen molar-refractivity contribution in [3.8, 4) is 33.4 Å². The summed E-state index contributed by atoms with van der Waals surface area (Å²) in [6.45, 7) is 10.1. The summed E-state index contributed by atoms with van der Waals surface area (Å²) in [6, 6.07) is 74.5. The first-order chi connectivity index (χ1) is 32.8. The van der Waals surface area contributed by atoms with Gasteiger partial charge in [0, 0.05) is 45.7 Å². The molecule has 13 rings (SSSR count). The number of hydrogen-bond acceptors (Lipinski definition) is 2. The minimum absolute atomic E-state index is 0.0449. The highest BCUT2D eigenvalue weighted by Gasteiger charge is 2.54. The average Bonchev–Trinajstić information content (AvgIpc) is 3.93. The highest BCUT2D eigenvalue weighted by atomic mass is 15.2. The van der Waals surface area contributed by atoms with E-state index in [1.165, 1.54) is 128 Å². The number of anilines is 4. The van der Waals surface area contributed by atoms with E-state index < -0.39 is 5.41 Å². The zero-order valence-electron chi connectivity index (χ0n) is 39.4. The van der Waals surface area contributed by atoms with Gasteiger partial charge >= 0.3 is 0 Å². The highest BCUT2D eigenvalue weighted by molar-refractivity contribution is 5.92. The maximum atomic E-state index is 2.69. The predicted molar refractivity (Wildman–Crippen MR) is 280 cm³/mol. The molecule has 330 valence electrons. The van der Waals surface area contributed by atoms with Crippen LogP contribution in [0, 0.1) is 11.8 Å². The summed E-state index contributed by atoms with van der Waals surface area (Å²) < 4.78 is 0. The Morgan fingerprint density at radius 1 is 0.403 bits per heavy atom. The first kappa shape index (κ1) is 40.6. The molecule has 2 heteroatoms. The standard InChI is InChI=1S/C65H60N2/c1-43-19-17-37-63(3)61(43)55-41-47(31-35-59(55)66(63)51-25-13-7-14-26-51)45-29-33-57-53(39-45)54-40-46(30-34-58(54)65(57,49-21-9-5-10-22-49)50-23-11-6-12-24-50)48-32-36-60-56(42-48)62-44(2)20-18-38-64(62,4)67(60)52-27-15-8-16-28-52/h5-16,21-36,39-44,61-62H,17-20,37-38H2,1-4H3. The van der Waals surface area contributed by atoms with Gasteiger partial charge in [0.05, 0.1) is 5.41 Å². The van der Waals surface area contributed by atoms with Crippen LogP contribution in [-0.4, -0.2) is 11.1 Å². The van der Waals surface area contributed by atoms with Crippen molar-refractivity contribution in [2.75, 3.05) is 9.80 Å². The van der Waals surface area contributed by atoms with E-state index in [4.69, 9.17) is 0 Å². The van der Waals surface area contributed by atoms with Crippen molar-refractivity contribution < 1.29 is 0 Å². The van der Waals surface area contributed by atoms with Crippen LogP contribution in [0.2, 0.25) is 0 Å². The molecule has 6 unspecified atom stereocenters. The lowest BCUT2D eigenvalue weighted by Gasteiger charge is -2.46. The molecule has 8 aromatic carbocycles. The second kappa shape index (κ2) is 15.2. The largest absolute Gasteiger partial charge is 0.335 e. The fourth-order valence-electron chi connectivity index (χ4n) is 15.0. The molecule has 0 radical (unpaired) electrons. The summed E-state index contributed by atoms with van der Waals surface area (Å²) in [7, 11) is 0. The smallest absolute Gasteiger partial charge is 0.0713 e. The molecule has 6 atom stereocenters. The van der Waals surface area contributed by atoms with Gasteiger partial charge in [-0.2, -0.15) is 0 Å². The maximum Gasteiger partial charge on any atom is 0.0713 e. The fraction of sp³-hybridized carbons (Fsp3) is 0.262. The van der Waals surface area contributed by atoms with Crippen LogP contribution in [0.4, 0.5) is 22.7 Å². The molecule has 0 bridgehead atoms. The predicted octanol–water partition coefficient (Wildman–Crippen LogP) is 17.0. The van der Waals surface area contributed by atoms with Gasteiger partial charge in [0.25, 0.3) is 0 Å². The molecule has 2 saturated carbocycles. The molecule has 8 aromatic rings. The SMILES string of the molecule is CC1CCCC2(C)C1c1cc(-c3ccc4c(c3)-c3cc(-c5ccc6c(c5)C5C(C)CCCC5(C)N6c5ccccc5)ccc3C4(c3ccccc3)c3ccccc3)ccc1N2c1ccccc1. The Balaban J connectivity index is 0.990. The quantitative estimate of drug-likeness (QED) is 0.164. The molecule has 2 heterocycles. The second-order valence-corrected chi connectivity index (χ2v) is 21.3. The molecular formula is C65H60N2. The van der Waals surface area contributed by atoms with Crippen LogP contribution in [0.1, 0.15) is 111 Å². The van der Waals surface area contributed by atoms with Gasteiger partial charge < -0.3 is 9.80 Å². The third-order valence-electron chi connectivity index (χ3n) is 17.6. The van der Waals surface area contributed by atoms with Crippen LogP contribution in [0.15, 0.2) is 194 Å². The van der Waals surface area contributed by atoms with Gasteiger partial charge in [0.15, 0.2) is 0 Å². The Morgan fingerprint density at radius 2 is 0.761 bits per heavy atom. The lowest BCUT2D eigenvalue weighted by Crippen LogP contribution is -2.47. The Labute approximate surface area is 398 Å². The topological polar surface area (TPSA) is 6.48 Å². The number of rotatable bonds is 6. The van der Waals surface area contributed by atoms with Gasteiger partial charge in [-0.15, -0.1) is 0 Å². The summed E-state index contributed by atoms with van der Waals surface area (Å²) in [6.07, 6.45) is 7.50. The Kier molecular flexibility index (Phi) is 9.21. The third kappa shape index (κ3) is 5.81. The molecule has 0 spiro atoms. The summed E-state index contributed by atoms with van der Waals surface area (Å²) in [4.78, 5) is 5.38. The van der Waals surface area contributed by atoms with Crippen molar-refractivity contribution in [1.82, 2.24) is 0 Å². The Hall–Kier alpha value is -6.64. The minimum Gasteiger partial charge on any atom is -0.335 e. The average molecular weight is 869 g/mol. The molecule has 2 aliphatic heterocycles. The highest BCUT2D eigenvalue weighted by Crippen LogP contribution is 2.62. The van der Waals surface area contributed by atoms with Crippen LogP contribution in [0.5, 0.6) is 0 Å². The summed E-state index contributed by atoms with van der Waals surface area (Å²) in [5, 5.41) is 0. The molecular weight excluding hydrogens is 809 g/mol. The summed E-state index contributed by atoms with van der Waals surface area (Å²) in [5.41, 5.74) is 21.1. The van der Waals surface area contributed by atoms with Gasteiger partial charge in [-0.3, -0.25) is 0 Å². The van der Waals surface area contributed by atoms with Crippen molar-refractivity contribution in [1.29, 1.82) is 0 Å². The fourth-order valence-corrected chi connectivity index (χ4v) is 15.0. The third-order valence-corrected chi connectivity index (χ3v) is 17.6. The molecule has 3 aliphatic carbocycles. The van der Waals surface area contributed by atoms with Gasteiger partial charge in [-0.1, -0.05) is 160 Å². The van der Waals surface area contributed by atoms with E-state index in [2.05, 4.69) is 232 Å². The maximum absolute atomic E-state index is 2.69. The monoisotopic (exact) mass is 868 g/mol. The molecule has 0 N–H and O–H groups in total. The normalized spacial score (nSPS) is 25.1. The molecule has 67 heavy (non-hydrogen) atoms. The van der Waals surface area contributed by atoms with Crippen molar-refractivity contribution in [2.45, 2.75) is 94.5 Å². The lowest BCUT2D eigenvalue weighted by molar-refractivity contribution is 0.223. The van der Waals surface area contributed by atoms with Crippen molar-refractivity contribution in [2.24, 2.45) is 11.8 Å². The first-order valence-corrected chi connectivity index (χ1v) is 25.2. The molecule has 2 nitrogen and oxygen atoms in total. The van der Waals surface area contributed by atoms with Gasteiger partial charge in [0.1, 0.15) is 0 Å². The van der Waals surface area contributed by atoms with Crippen LogP contribution < -0.4 is 9.80 Å². The molecule has 0 amide bonds.